The highest BCUT2D eigenvalue weighted by Crippen LogP contribution is 2.29. The normalized spacial score (nSPS) is 24.6. The highest BCUT2D eigenvalue weighted by molar-refractivity contribution is 8.00. The van der Waals surface area contributed by atoms with Gasteiger partial charge in [-0.25, -0.2) is 4.79 Å². The number of carbonyl (C=O) groups is 19. The second kappa shape index (κ2) is 51.5. The number of hydrogen-bond acceptors (Lipinski definition) is 23. The monoisotopic (exact) mass is 1930 g/mol. The van der Waals surface area contributed by atoms with Crippen molar-refractivity contribution in [2.24, 2.45) is 34.8 Å². The van der Waals surface area contributed by atoms with Gasteiger partial charge in [-0.2, -0.15) is 0 Å². The summed E-state index contributed by atoms with van der Waals surface area (Å²) in [6.45, 7) is 8.93. The molecule has 5 aromatic rings. The predicted molar refractivity (Wildman–Crippen MR) is 503 cm³/mol. The summed E-state index contributed by atoms with van der Waals surface area (Å²) in [6.07, 6.45) is 0.302. The predicted octanol–water partition coefficient (Wildman–Crippen LogP) is -2.53. The van der Waals surface area contributed by atoms with E-state index in [-0.39, 0.29) is 81.9 Å². The first-order chi connectivity index (χ1) is 64.9. The van der Waals surface area contributed by atoms with Crippen molar-refractivity contribution in [3.63, 3.8) is 0 Å². The molecule has 748 valence electrons. The zero-order chi connectivity index (χ0) is 101. The number of fused-ring (bicyclic) bond motifs is 4. The van der Waals surface area contributed by atoms with E-state index in [1.165, 1.54) is 63.1 Å². The highest BCUT2D eigenvalue weighted by Gasteiger charge is 2.47. The standard InChI is InChI=1S/C92H132N22O22S/c1-11-13-23-70-84(128)102-61(34-49(3)4)81(125)108-68(79(123)99-43-75(95)118)47-137-48-76(119)100-64(36-52-27-29-55(115)30-28-52)87(131)109(8)51(7)78(122)104-66(40-74(94)117)89(133)113-33-19-26-71(113)85(129)107-67(41-93)83(127)105-63(35-50(5)6)90(134)114-45-56(116)39-73(114)86(130)103-62(37-53-42-98-59-22-17-15-20-57(53)59)82(126)101-60(31-32-97-92(96)136)80(124)106-65(88(132)111(10)72(24-14-12-2)91(135)110(70)9)38-54-44-112(46-77(120)121)69-25-18-16-21-58(54)69/h15-18,20-22,25,27-30,42,44,49-51,56,60-68,70-73,98,115-116H,11-14,19,23-24,26,31-41,43,45-48,93H2,1-10H3,(H2,94,117)(H2,95,118)(H,99,123)(H,100,119)(H,101,126)(H,102,128)(H,103,130)(H,104,122)(H,105,127)(H,106,124)(H,107,129)(H,108,125)(H,120,121)(H3,96,97,136)/t51-,56+,60-,61-,62-,63-,64-,65-,66-,67-,68-,70-,71-,72-,73-/m0/s1. The number of carbonyl (C=O) groups excluding carboxylic acids is 18. The van der Waals surface area contributed by atoms with Gasteiger partial charge in [0, 0.05) is 113 Å². The Labute approximate surface area is 797 Å². The number of thioether (sulfide) groups is 1. The van der Waals surface area contributed by atoms with Crippen LogP contribution in [0.1, 0.15) is 149 Å². The maximum Gasteiger partial charge on any atom is 0.323 e. The van der Waals surface area contributed by atoms with Crippen LogP contribution in [0.3, 0.4) is 0 Å². The number of nitrogens with two attached hydrogens (primary N) is 4. The maximum atomic E-state index is 16.1. The molecule has 2 aromatic heterocycles. The Bertz CT molecular complexity index is 5180. The quantitative estimate of drug-likeness (QED) is 0.0258. The van der Waals surface area contributed by atoms with Gasteiger partial charge >= 0.3 is 12.0 Å². The lowest BCUT2D eigenvalue weighted by atomic mass is 9.99. The minimum atomic E-state index is -1.78. The van der Waals surface area contributed by atoms with Crippen LogP contribution in [0.2, 0.25) is 0 Å². The number of nitrogens with zero attached hydrogens (tertiary/aromatic N) is 6. The van der Waals surface area contributed by atoms with Crippen molar-refractivity contribution >= 4 is 146 Å². The summed E-state index contributed by atoms with van der Waals surface area (Å²) in [5.74, 6) is -19.4. The van der Waals surface area contributed by atoms with E-state index in [4.69, 9.17) is 22.9 Å². The molecule has 45 heteroatoms. The number of aromatic nitrogens is 2. The van der Waals surface area contributed by atoms with E-state index in [2.05, 4.69) is 63.5 Å². The number of benzene rings is 3. The van der Waals surface area contributed by atoms with Crippen LogP contribution in [0.4, 0.5) is 4.79 Å². The number of aliphatic hydroxyl groups is 1. The SMILES string of the molecule is CCCC[C@H]1C(=O)N(C)[C@@H](CCCC)C(=O)N[C@@H](CC(C)C)C(=O)N[C@H](C(=O)NCC(N)=O)CSCC(=O)N[C@@H](Cc2ccc(O)cc2)C(=O)N(C)[C@@H](C)C(=O)N[C@@H](CC(N)=O)C(=O)N2CCC[C@H]2C(=O)N[C@@H](CN)C(=O)N[C@@H](CC(C)C)C(=O)N2C[C@H](O)C[C@H]2C(=O)N[C@@H](Cc2c[nH]c3ccccc23)C(=O)N[C@@H](CCNC(N)=O)C(=O)N[C@@H](Cc2cn(CC(=O)O)c3ccccc23)C(=O)N1C. The number of hydrogen-bond donors (Lipinski definition) is 19. The number of likely N-dealkylation sites (N-methyl/N-ethyl adjacent to an activating group) is 3. The van der Waals surface area contributed by atoms with E-state index in [1.54, 1.807) is 82.4 Å². The first-order valence-corrected chi connectivity index (χ1v) is 47.2. The van der Waals surface area contributed by atoms with Crippen LogP contribution >= 0.6 is 11.8 Å². The van der Waals surface area contributed by atoms with Crippen molar-refractivity contribution in [1.82, 2.24) is 92.5 Å². The number of unbranched alkanes of at least 4 members (excludes halogenated alkanes) is 2. The molecule has 5 heterocycles. The molecule has 0 bridgehead atoms. The van der Waals surface area contributed by atoms with Crippen LogP contribution in [-0.2, 0) is 112 Å². The van der Waals surface area contributed by atoms with Crippen LogP contribution < -0.4 is 81.4 Å². The molecule has 3 aliphatic rings. The molecule has 0 saturated carbocycles. The lowest BCUT2D eigenvalue weighted by molar-refractivity contribution is -0.149. The van der Waals surface area contributed by atoms with E-state index in [1.807, 2.05) is 13.8 Å². The molecular weight excluding hydrogens is 1800 g/mol. The number of H-pyrrole nitrogens is 1. The zero-order valence-corrected chi connectivity index (χ0v) is 79.7. The number of para-hydroxylation sites is 2. The van der Waals surface area contributed by atoms with Crippen molar-refractivity contribution < 1.29 is 106 Å². The Balaban J connectivity index is 1.22. The van der Waals surface area contributed by atoms with E-state index >= 15 is 33.6 Å². The largest absolute Gasteiger partial charge is 0.508 e. The van der Waals surface area contributed by atoms with Gasteiger partial charge in [0.15, 0.2) is 0 Å². The molecule has 137 heavy (non-hydrogen) atoms. The third-order valence-electron chi connectivity index (χ3n) is 24.4. The van der Waals surface area contributed by atoms with Crippen LogP contribution in [0, 0.1) is 11.8 Å². The molecule has 3 saturated heterocycles. The molecule has 0 spiro atoms. The fourth-order valence-corrected chi connectivity index (χ4v) is 17.8. The van der Waals surface area contributed by atoms with Crippen molar-refractivity contribution in [3.05, 3.63) is 102 Å². The second-order valence-electron chi connectivity index (χ2n) is 35.8. The van der Waals surface area contributed by atoms with Crippen molar-refractivity contribution in [2.45, 2.75) is 248 Å². The molecule has 3 fully saturated rings. The molecule has 8 rings (SSSR count). The van der Waals surface area contributed by atoms with Gasteiger partial charge in [0.1, 0.15) is 96.9 Å². The Morgan fingerprint density at radius 1 is 0.540 bits per heavy atom. The average Bonchev–Trinajstić information content (AvgIpc) is 1.63. The number of aromatic hydroxyl groups is 1. The van der Waals surface area contributed by atoms with Crippen LogP contribution in [-0.4, -0.2) is 318 Å². The molecule has 0 radical (unpaired) electrons. The van der Waals surface area contributed by atoms with Gasteiger partial charge in [-0.3, -0.25) is 86.3 Å². The summed E-state index contributed by atoms with van der Waals surface area (Å²) in [7, 11) is 3.86. The van der Waals surface area contributed by atoms with Crippen LogP contribution in [0.15, 0.2) is 85.2 Å². The number of carboxylic acid groups (broad SMARTS) is 1. The summed E-state index contributed by atoms with van der Waals surface area (Å²) in [4.78, 5) is 284. The van der Waals surface area contributed by atoms with E-state index in [0.717, 1.165) is 36.3 Å². The average molecular weight is 1930 g/mol. The van der Waals surface area contributed by atoms with Crippen LogP contribution in [0.25, 0.3) is 21.8 Å². The number of aliphatic hydroxyl groups excluding tert-OH is 1. The van der Waals surface area contributed by atoms with E-state index in [0.29, 0.717) is 57.8 Å². The summed E-state index contributed by atoms with van der Waals surface area (Å²) in [6, 6.07) is -3.96. The van der Waals surface area contributed by atoms with Gasteiger partial charge in [0.2, 0.25) is 100 Å². The zero-order valence-electron chi connectivity index (χ0n) is 78.9. The lowest BCUT2D eigenvalue weighted by Crippen LogP contribution is -2.62. The Kier molecular flexibility index (Phi) is 40.9. The van der Waals surface area contributed by atoms with Crippen molar-refractivity contribution in [1.29, 1.82) is 0 Å². The molecule has 44 nitrogen and oxygen atoms in total. The number of carboxylic acids is 1. The molecule has 19 amide bonds. The number of phenolic OH excluding ortho intramolecular Hbond substituents is 1. The molecule has 15 atom stereocenters. The number of nitrogens with one attached hydrogen (secondary N) is 12. The third kappa shape index (κ3) is 30.8. The van der Waals surface area contributed by atoms with Crippen molar-refractivity contribution in [2.75, 3.05) is 65.4 Å². The minimum Gasteiger partial charge on any atom is -0.508 e. The summed E-state index contributed by atoms with van der Waals surface area (Å²) < 4.78 is 1.41. The Morgan fingerprint density at radius 3 is 1.73 bits per heavy atom. The molecule has 3 aliphatic heterocycles. The molecule has 3 aromatic carbocycles. The van der Waals surface area contributed by atoms with Gasteiger partial charge in [-0.15, -0.1) is 11.8 Å². The van der Waals surface area contributed by atoms with Gasteiger partial charge in [-0.1, -0.05) is 116 Å². The number of aliphatic carboxylic acids is 1. The molecule has 0 aliphatic carbocycles. The number of rotatable bonds is 27. The van der Waals surface area contributed by atoms with E-state index < -0.39 is 273 Å². The van der Waals surface area contributed by atoms with Crippen LogP contribution in [0.5, 0.6) is 5.75 Å². The first kappa shape index (κ1) is 109. The summed E-state index contributed by atoms with van der Waals surface area (Å²) >= 11 is 0.775. The first-order valence-electron chi connectivity index (χ1n) is 46.0. The van der Waals surface area contributed by atoms with E-state index in [9.17, 15) is 72.9 Å². The minimum absolute atomic E-state index is 0.0218. The van der Waals surface area contributed by atoms with Gasteiger partial charge < -0.3 is 131 Å². The van der Waals surface area contributed by atoms with Crippen molar-refractivity contribution in [3.8, 4) is 5.75 Å². The van der Waals surface area contributed by atoms with Gasteiger partial charge in [0.05, 0.1) is 24.8 Å². The number of phenols is 1. The maximum absolute atomic E-state index is 16.1. The number of primary amides is 3. The second-order valence-corrected chi connectivity index (χ2v) is 36.8. The topological polar surface area (TPSA) is 658 Å². The Morgan fingerprint density at radius 2 is 1.09 bits per heavy atom. The van der Waals surface area contributed by atoms with Gasteiger partial charge in [-0.05, 0) is 105 Å². The molecular formula is C92H132N22O22S. The third-order valence-corrected chi connectivity index (χ3v) is 25.4. The smallest absolute Gasteiger partial charge is 0.323 e. The fraction of sp³-hybridized carbons (Fsp3) is 0.554. The fourth-order valence-electron chi connectivity index (χ4n) is 17.0. The summed E-state index contributed by atoms with van der Waals surface area (Å²) in [5.41, 5.74) is 25.1. The summed E-state index contributed by atoms with van der Waals surface area (Å²) in [5, 5.41) is 61.7. The number of amides is 19. The molecule has 23 N–H and O–H groups in total. The lowest BCUT2D eigenvalue weighted by Gasteiger charge is -2.36. The molecule has 0 unspecified atom stereocenters. The number of aromatic amines is 1. The van der Waals surface area contributed by atoms with Gasteiger partial charge in [0.25, 0.3) is 0 Å². The number of urea groups is 1. The highest BCUT2D eigenvalue weighted by atomic mass is 32.2. The Hall–Kier alpha value is -13.5.